The van der Waals surface area contributed by atoms with Crippen molar-refractivity contribution >= 4 is 17.4 Å². The molecule has 4 heteroatoms. The first-order valence-corrected chi connectivity index (χ1v) is 4.21. The van der Waals surface area contributed by atoms with E-state index in [4.69, 9.17) is 11.6 Å². The van der Waals surface area contributed by atoms with Crippen molar-refractivity contribution in [3.05, 3.63) is 23.3 Å². The molecule has 0 saturated heterocycles. The molecular weight excluding hydrogens is 192 g/mol. The molecule has 0 fully saturated rings. The number of halogens is 1. The number of phenolic OH excluding ortho intramolecular Hbond substituents is 2. The number of hydrogen-bond donors (Lipinski definition) is 2. The number of phenols is 2. The minimum Gasteiger partial charge on any atom is -0.508 e. The summed E-state index contributed by atoms with van der Waals surface area (Å²) < 4.78 is 0. The molecule has 0 aliphatic carbocycles. The molecule has 0 amide bonds. The maximum Gasteiger partial charge on any atom is 0.181 e. The van der Waals surface area contributed by atoms with Gasteiger partial charge < -0.3 is 10.2 Å². The Morgan fingerprint density at radius 2 is 2.00 bits per heavy atom. The highest BCUT2D eigenvalue weighted by Crippen LogP contribution is 2.27. The van der Waals surface area contributed by atoms with Crippen LogP contribution in [-0.4, -0.2) is 21.9 Å². The van der Waals surface area contributed by atoms with Crippen LogP contribution in [0.3, 0.4) is 0 Å². The summed E-state index contributed by atoms with van der Waals surface area (Å²) in [5, 5.41) is 18.5. The van der Waals surface area contributed by atoms with Crippen molar-refractivity contribution in [2.45, 2.75) is 6.92 Å². The molecule has 0 aliphatic rings. The number of rotatable bonds is 2. The van der Waals surface area contributed by atoms with Gasteiger partial charge in [0.2, 0.25) is 0 Å². The van der Waals surface area contributed by atoms with Crippen molar-refractivity contribution in [3.63, 3.8) is 0 Å². The molecule has 0 bridgehead atoms. The highest BCUT2D eigenvalue weighted by Gasteiger charge is 2.12. The Morgan fingerprint density at radius 3 is 2.54 bits per heavy atom. The van der Waals surface area contributed by atoms with E-state index >= 15 is 0 Å². The fourth-order valence-corrected chi connectivity index (χ4v) is 1.12. The highest BCUT2D eigenvalue weighted by atomic mass is 35.5. The molecule has 70 valence electrons. The molecule has 3 nitrogen and oxygen atoms in total. The number of ketones is 1. The number of Topliss-reactive ketones (excluding diaryl/α,β-unsaturated/α-hetero) is 1. The van der Waals surface area contributed by atoms with Crippen LogP contribution in [0.15, 0.2) is 12.1 Å². The molecule has 0 saturated carbocycles. The highest BCUT2D eigenvalue weighted by molar-refractivity contribution is 6.30. The molecule has 1 rings (SSSR count). The van der Waals surface area contributed by atoms with Crippen LogP contribution in [0.1, 0.15) is 15.9 Å². The van der Waals surface area contributed by atoms with Crippen LogP contribution in [0.5, 0.6) is 11.5 Å². The summed E-state index contributed by atoms with van der Waals surface area (Å²) in [6.45, 7) is 1.64. The third-order valence-electron chi connectivity index (χ3n) is 1.74. The molecule has 13 heavy (non-hydrogen) atoms. The molecule has 0 spiro atoms. The SMILES string of the molecule is Cc1cc(C(=O)CCl)c(O)cc1O. The van der Waals surface area contributed by atoms with Crippen molar-refractivity contribution in [1.29, 1.82) is 0 Å². The van der Waals surface area contributed by atoms with Crippen LogP contribution in [-0.2, 0) is 0 Å². The average Bonchev–Trinajstić information content (AvgIpc) is 2.10. The number of aryl methyl sites for hydroxylation is 1. The Balaban J connectivity index is 3.23. The lowest BCUT2D eigenvalue weighted by Gasteiger charge is -2.04. The molecule has 2 N–H and O–H groups in total. The largest absolute Gasteiger partial charge is 0.508 e. The van der Waals surface area contributed by atoms with Crippen LogP contribution in [0.4, 0.5) is 0 Å². The predicted molar refractivity (Wildman–Crippen MR) is 49.6 cm³/mol. The number of alkyl halides is 1. The van der Waals surface area contributed by atoms with Gasteiger partial charge >= 0.3 is 0 Å². The van der Waals surface area contributed by atoms with Gasteiger partial charge in [0.1, 0.15) is 11.5 Å². The quantitative estimate of drug-likeness (QED) is 0.566. The molecule has 1 aromatic carbocycles. The number of aromatic hydroxyl groups is 2. The molecule has 0 aliphatic heterocycles. The van der Waals surface area contributed by atoms with E-state index in [1.165, 1.54) is 6.07 Å². The fraction of sp³-hybridized carbons (Fsp3) is 0.222. The van der Waals surface area contributed by atoms with E-state index in [0.29, 0.717) is 5.56 Å². The molecule has 0 unspecified atom stereocenters. The van der Waals surface area contributed by atoms with Crippen molar-refractivity contribution in [3.8, 4) is 11.5 Å². The maximum absolute atomic E-state index is 11.1. The van der Waals surface area contributed by atoms with Crippen molar-refractivity contribution < 1.29 is 15.0 Å². The summed E-state index contributed by atoms with van der Waals surface area (Å²) in [5.74, 6) is -0.822. The Bertz CT molecular complexity index is 347. The van der Waals surface area contributed by atoms with Gasteiger partial charge in [-0.3, -0.25) is 4.79 Å². The van der Waals surface area contributed by atoms with E-state index in [-0.39, 0.29) is 28.7 Å². The number of benzene rings is 1. The van der Waals surface area contributed by atoms with Crippen LogP contribution in [0, 0.1) is 6.92 Å². The van der Waals surface area contributed by atoms with E-state index in [1.54, 1.807) is 6.92 Å². The molecule has 0 heterocycles. The van der Waals surface area contributed by atoms with Gasteiger partial charge in [-0.2, -0.15) is 0 Å². The minimum absolute atomic E-state index is 0.0383. The lowest BCUT2D eigenvalue weighted by Crippen LogP contribution is -2.01. The topological polar surface area (TPSA) is 57.5 Å². The van der Waals surface area contributed by atoms with Gasteiger partial charge in [-0.15, -0.1) is 11.6 Å². The summed E-state index contributed by atoms with van der Waals surface area (Å²) in [4.78, 5) is 11.1. The molecule has 0 radical (unpaired) electrons. The third kappa shape index (κ3) is 1.92. The second-order valence-corrected chi connectivity index (χ2v) is 2.98. The summed E-state index contributed by atoms with van der Waals surface area (Å²) in [5.41, 5.74) is 0.677. The summed E-state index contributed by atoms with van der Waals surface area (Å²) in [7, 11) is 0. The second kappa shape index (κ2) is 3.66. The molecule has 1 aromatic rings. The van der Waals surface area contributed by atoms with Gasteiger partial charge in [-0.05, 0) is 18.6 Å². The molecular formula is C9H9ClO3. The monoisotopic (exact) mass is 200 g/mol. The second-order valence-electron chi connectivity index (χ2n) is 2.71. The Morgan fingerprint density at radius 1 is 1.38 bits per heavy atom. The number of carbonyl (C=O) groups is 1. The van der Waals surface area contributed by atoms with Crippen molar-refractivity contribution in [2.24, 2.45) is 0 Å². The maximum atomic E-state index is 11.1. The lowest BCUT2D eigenvalue weighted by molar-refractivity contribution is 0.101. The summed E-state index contributed by atoms with van der Waals surface area (Å²) in [6, 6.07) is 2.55. The Kier molecular flexibility index (Phi) is 2.78. The first-order chi connectivity index (χ1) is 6.06. The molecule has 0 atom stereocenters. The van der Waals surface area contributed by atoms with Crippen molar-refractivity contribution in [2.75, 3.05) is 5.88 Å². The van der Waals surface area contributed by atoms with E-state index in [9.17, 15) is 15.0 Å². The van der Waals surface area contributed by atoms with E-state index in [1.807, 2.05) is 0 Å². The number of carbonyl (C=O) groups excluding carboxylic acids is 1. The average molecular weight is 201 g/mol. The minimum atomic E-state index is -0.359. The summed E-state index contributed by atoms with van der Waals surface area (Å²) >= 11 is 5.33. The van der Waals surface area contributed by atoms with E-state index in [0.717, 1.165) is 6.07 Å². The first-order valence-electron chi connectivity index (χ1n) is 3.68. The molecule has 0 aromatic heterocycles. The zero-order chi connectivity index (χ0) is 10.0. The van der Waals surface area contributed by atoms with E-state index in [2.05, 4.69) is 0 Å². The van der Waals surface area contributed by atoms with Crippen molar-refractivity contribution in [1.82, 2.24) is 0 Å². The predicted octanol–water partition coefficient (Wildman–Crippen LogP) is 1.83. The Hall–Kier alpha value is -1.22. The normalized spacial score (nSPS) is 10.0. The fourth-order valence-electron chi connectivity index (χ4n) is 0.981. The van der Waals surface area contributed by atoms with Gasteiger partial charge in [0.25, 0.3) is 0 Å². The standard InChI is InChI=1S/C9H9ClO3/c1-5-2-6(9(13)4-10)8(12)3-7(5)11/h2-3,11-12H,4H2,1H3. The zero-order valence-corrected chi connectivity index (χ0v) is 7.80. The lowest BCUT2D eigenvalue weighted by atomic mass is 10.1. The van der Waals surface area contributed by atoms with Gasteiger partial charge in [0, 0.05) is 6.07 Å². The van der Waals surface area contributed by atoms with Gasteiger partial charge in [0.05, 0.1) is 11.4 Å². The zero-order valence-electron chi connectivity index (χ0n) is 7.04. The van der Waals surface area contributed by atoms with E-state index < -0.39 is 0 Å². The van der Waals surface area contributed by atoms with Crippen LogP contribution >= 0.6 is 11.6 Å². The number of hydrogen-bond acceptors (Lipinski definition) is 3. The van der Waals surface area contributed by atoms with Crippen LogP contribution in [0.25, 0.3) is 0 Å². The smallest absolute Gasteiger partial charge is 0.181 e. The first kappa shape index (κ1) is 9.86. The van der Waals surface area contributed by atoms with Gasteiger partial charge in [0.15, 0.2) is 5.78 Å². The summed E-state index contributed by atoms with van der Waals surface area (Å²) in [6.07, 6.45) is 0. The van der Waals surface area contributed by atoms with Crippen LogP contribution < -0.4 is 0 Å². The third-order valence-corrected chi connectivity index (χ3v) is 1.98. The Labute approximate surface area is 80.6 Å². The van der Waals surface area contributed by atoms with Gasteiger partial charge in [-0.1, -0.05) is 0 Å². The van der Waals surface area contributed by atoms with Gasteiger partial charge in [-0.25, -0.2) is 0 Å². The van der Waals surface area contributed by atoms with Crippen LogP contribution in [0.2, 0.25) is 0 Å².